The van der Waals surface area contributed by atoms with Crippen LogP contribution in [-0.2, 0) is 12.8 Å². The molecule has 6 heteroatoms. The van der Waals surface area contributed by atoms with Crippen molar-refractivity contribution < 1.29 is 0 Å². The van der Waals surface area contributed by atoms with Crippen LogP contribution in [0.5, 0.6) is 0 Å². The second kappa shape index (κ2) is 6.66. The van der Waals surface area contributed by atoms with Crippen LogP contribution in [0.25, 0.3) is 10.2 Å². The Balaban J connectivity index is 1.75. The summed E-state index contributed by atoms with van der Waals surface area (Å²) in [4.78, 5) is 11.5. The van der Waals surface area contributed by atoms with Crippen LogP contribution in [0.4, 0.5) is 11.5 Å². The summed E-state index contributed by atoms with van der Waals surface area (Å²) >= 11 is 14.1. The molecule has 3 aromatic rings. The molecule has 2 aromatic heterocycles. The van der Waals surface area contributed by atoms with E-state index in [4.69, 9.17) is 23.2 Å². The van der Waals surface area contributed by atoms with Crippen molar-refractivity contribution in [3.63, 3.8) is 0 Å². The van der Waals surface area contributed by atoms with Crippen molar-refractivity contribution in [2.75, 3.05) is 5.32 Å². The van der Waals surface area contributed by atoms with E-state index < -0.39 is 0 Å². The van der Waals surface area contributed by atoms with E-state index in [1.165, 1.54) is 16.9 Å². The zero-order chi connectivity index (χ0) is 18.5. The molecule has 1 aromatic carbocycles. The number of hydrogen-bond donors (Lipinski definition) is 1. The molecule has 2 heterocycles. The van der Waals surface area contributed by atoms with Gasteiger partial charge in [-0.25, -0.2) is 9.97 Å². The summed E-state index contributed by atoms with van der Waals surface area (Å²) in [6.45, 7) is 7.02. The third-order valence-corrected chi connectivity index (χ3v) is 6.79. The summed E-state index contributed by atoms with van der Waals surface area (Å²) in [5.41, 5.74) is 2.57. The van der Waals surface area contributed by atoms with Crippen molar-refractivity contribution in [2.24, 2.45) is 11.3 Å². The van der Waals surface area contributed by atoms with Crippen molar-refractivity contribution in [1.29, 1.82) is 0 Å². The summed E-state index contributed by atoms with van der Waals surface area (Å²) in [6, 6.07) is 5.44. The van der Waals surface area contributed by atoms with E-state index in [9.17, 15) is 0 Å². The van der Waals surface area contributed by atoms with Crippen LogP contribution in [0.15, 0.2) is 24.5 Å². The molecule has 1 unspecified atom stereocenters. The quantitative estimate of drug-likeness (QED) is 0.503. The Labute approximate surface area is 167 Å². The Hall–Kier alpha value is -1.36. The molecular weight excluding hydrogens is 385 g/mol. The summed E-state index contributed by atoms with van der Waals surface area (Å²) in [5, 5.41) is 5.75. The molecule has 3 nitrogen and oxygen atoms in total. The first-order chi connectivity index (χ1) is 12.3. The molecule has 0 fully saturated rings. The number of nitrogens with zero attached hydrogens (tertiary/aromatic N) is 2. The van der Waals surface area contributed by atoms with Gasteiger partial charge in [0.2, 0.25) is 0 Å². The number of rotatable bonds is 2. The van der Waals surface area contributed by atoms with Crippen LogP contribution in [0.3, 0.4) is 0 Å². The van der Waals surface area contributed by atoms with Gasteiger partial charge in [0, 0.05) is 20.6 Å². The van der Waals surface area contributed by atoms with Crippen LogP contribution in [-0.4, -0.2) is 9.97 Å². The summed E-state index contributed by atoms with van der Waals surface area (Å²) in [7, 11) is 0. The number of fused-ring (bicyclic) bond motifs is 3. The van der Waals surface area contributed by atoms with Gasteiger partial charge in [0.15, 0.2) is 0 Å². The average molecular weight is 406 g/mol. The van der Waals surface area contributed by atoms with Crippen LogP contribution < -0.4 is 5.32 Å². The average Bonchev–Trinajstić information content (AvgIpc) is 2.91. The SMILES string of the molecule is CC(C)(C)C1CCc2c(sc3ncnc(Nc4cc(Cl)cc(Cl)c4)c23)C1. The second-order valence-electron chi connectivity index (χ2n) is 8.00. The fourth-order valence-electron chi connectivity index (χ4n) is 3.71. The standard InChI is InChI=1S/C20H21Cl2N3S/c1-20(2,3)11-4-5-15-16(6-11)26-19-17(15)18(23-10-24-19)25-14-8-12(21)7-13(22)9-14/h7-11H,4-6H2,1-3H3,(H,23,24,25). The van der Waals surface area contributed by atoms with Crippen molar-refractivity contribution in [3.8, 4) is 0 Å². The number of benzene rings is 1. The highest BCUT2D eigenvalue weighted by molar-refractivity contribution is 7.19. The minimum atomic E-state index is 0.332. The fraction of sp³-hybridized carbons (Fsp3) is 0.400. The minimum absolute atomic E-state index is 0.332. The molecule has 0 aliphatic heterocycles. The molecule has 26 heavy (non-hydrogen) atoms. The summed E-state index contributed by atoms with van der Waals surface area (Å²) in [6.07, 6.45) is 5.04. The number of thiophene rings is 1. The maximum Gasteiger partial charge on any atom is 0.142 e. The van der Waals surface area contributed by atoms with E-state index >= 15 is 0 Å². The molecule has 136 valence electrons. The summed E-state index contributed by atoms with van der Waals surface area (Å²) in [5.74, 6) is 1.54. The Kier molecular flexibility index (Phi) is 4.62. The van der Waals surface area contributed by atoms with Gasteiger partial charge in [0.1, 0.15) is 17.0 Å². The van der Waals surface area contributed by atoms with Crippen LogP contribution in [0.1, 0.15) is 37.6 Å². The highest BCUT2D eigenvalue weighted by Gasteiger charge is 2.31. The Morgan fingerprint density at radius 1 is 1.12 bits per heavy atom. The van der Waals surface area contributed by atoms with Gasteiger partial charge in [-0.2, -0.15) is 0 Å². The predicted molar refractivity (Wildman–Crippen MR) is 112 cm³/mol. The van der Waals surface area contributed by atoms with E-state index in [1.807, 2.05) is 23.5 Å². The number of aryl methyl sites for hydroxylation is 1. The molecule has 1 aliphatic rings. The molecule has 0 bridgehead atoms. The van der Waals surface area contributed by atoms with Gasteiger partial charge in [0.05, 0.1) is 5.39 Å². The lowest BCUT2D eigenvalue weighted by Gasteiger charge is -2.33. The number of hydrogen-bond acceptors (Lipinski definition) is 4. The monoisotopic (exact) mass is 405 g/mol. The zero-order valence-corrected chi connectivity index (χ0v) is 17.4. The van der Waals surface area contributed by atoms with Crippen LogP contribution in [0, 0.1) is 11.3 Å². The molecule has 1 aliphatic carbocycles. The highest BCUT2D eigenvalue weighted by Crippen LogP contribution is 2.44. The number of aromatic nitrogens is 2. The zero-order valence-electron chi connectivity index (χ0n) is 15.1. The van der Waals surface area contributed by atoms with E-state index in [-0.39, 0.29) is 0 Å². The Bertz CT molecular complexity index is 955. The topological polar surface area (TPSA) is 37.8 Å². The number of anilines is 2. The molecule has 0 amide bonds. The molecule has 1 atom stereocenters. The second-order valence-corrected chi connectivity index (χ2v) is 9.95. The van der Waals surface area contributed by atoms with E-state index in [0.717, 1.165) is 34.6 Å². The lowest BCUT2D eigenvalue weighted by Crippen LogP contribution is -2.26. The van der Waals surface area contributed by atoms with Crippen molar-refractivity contribution >= 4 is 56.3 Å². The van der Waals surface area contributed by atoms with E-state index in [1.54, 1.807) is 12.4 Å². The first-order valence-corrected chi connectivity index (χ1v) is 10.4. The van der Waals surface area contributed by atoms with Gasteiger partial charge >= 0.3 is 0 Å². The Morgan fingerprint density at radius 2 is 1.85 bits per heavy atom. The molecular formula is C20H21Cl2N3S. The van der Waals surface area contributed by atoms with Crippen LogP contribution >= 0.6 is 34.5 Å². The lowest BCUT2D eigenvalue weighted by molar-refractivity contribution is 0.218. The van der Waals surface area contributed by atoms with Gasteiger partial charge in [-0.15, -0.1) is 11.3 Å². The smallest absolute Gasteiger partial charge is 0.142 e. The number of nitrogens with one attached hydrogen (secondary N) is 1. The third kappa shape index (κ3) is 3.42. The molecule has 0 saturated carbocycles. The van der Waals surface area contributed by atoms with Crippen molar-refractivity contribution in [3.05, 3.63) is 45.0 Å². The van der Waals surface area contributed by atoms with E-state index in [2.05, 4.69) is 36.1 Å². The molecule has 0 radical (unpaired) electrons. The van der Waals surface area contributed by atoms with Crippen LogP contribution in [0.2, 0.25) is 10.0 Å². The first kappa shape index (κ1) is 18.0. The predicted octanol–water partition coefficient (Wildman–Crippen LogP) is 6.89. The third-order valence-electron chi connectivity index (χ3n) is 5.20. The van der Waals surface area contributed by atoms with Gasteiger partial charge in [-0.3, -0.25) is 0 Å². The van der Waals surface area contributed by atoms with Crippen molar-refractivity contribution in [2.45, 2.75) is 40.0 Å². The Morgan fingerprint density at radius 3 is 2.54 bits per heavy atom. The van der Waals surface area contributed by atoms with Gasteiger partial charge in [0.25, 0.3) is 0 Å². The van der Waals surface area contributed by atoms with E-state index in [0.29, 0.717) is 21.4 Å². The maximum atomic E-state index is 6.13. The lowest BCUT2D eigenvalue weighted by atomic mass is 9.72. The number of halogens is 2. The van der Waals surface area contributed by atoms with Gasteiger partial charge in [-0.05, 0) is 54.4 Å². The fourth-order valence-corrected chi connectivity index (χ4v) is 5.50. The molecule has 0 spiro atoms. The van der Waals surface area contributed by atoms with Crippen molar-refractivity contribution in [1.82, 2.24) is 9.97 Å². The molecule has 0 saturated heterocycles. The summed E-state index contributed by atoms with van der Waals surface area (Å²) < 4.78 is 0. The molecule has 1 N–H and O–H groups in total. The minimum Gasteiger partial charge on any atom is -0.339 e. The van der Waals surface area contributed by atoms with Gasteiger partial charge in [-0.1, -0.05) is 44.0 Å². The highest BCUT2D eigenvalue weighted by atomic mass is 35.5. The molecule has 4 rings (SSSR count). The van der Waals surface area contributed by atoms with Gasteiger partial charge < -0.3 is 5.32 Å². The normalized spacial score (nSPS) is 17.3. The maximum absolute atomic E-state index is 6.13. The first-order valence-electron chi connectivity index (χ1n) is 8.79. The largest absolute Gasteiger partial charge is 0.339 e.